The largest absolute Gasteiger partial charge is 0.481 e. The van der Waals surface area contributed by atoms with E-state index in [9.17, 15) is 4.79 Å². The molecular formula is C18H21N3O3S. The number of carboxylic acids is 1. The maximum Gasteiger partial charge on any atom is 0.305 e. The lowest BCUT2D eigenvalue weighted by molar-refractivity contribution is -0.137. The van der Waals surface area contributed by atoms with Crippen molar-refractivity contribution < 1.29 is 14.6 Å². The number of aliphatic imine (C=N–C) groups is 1. The van der Waals surface area contributed by atoms with Crippen LogP contribution in [0.15, 0.2) is 29.3 Å². The lowest BCUT2D eigenvalue weighted by Crippen LogP contribution is -2.27. The maximum atomic E-state index is 10.9. The third-order valence-corrected chi connectivity index (χ3v) is 5.74. The number of nitrogens with zero attached hydrogens (tertiary/aromatic N) is 1. The molecule has 7 heteroatoms. The molecule has 0 amide bonds. The quantitative estimate of drug-likeness (QED) is 0.764. The second-order valence-corrected chi connectivity index (χ2v) is 7.49. The lowest BCUT2D eigenvalue weighted by atomic mass is 10.1. The summed E-state index contributed by atoms with van der Waals surface area (Å²) >= 11 is 1.62. The summed E-state index contributed by atoms with van der Waals surface area (Å²) in [6.07, 6.45) is 2.13. The van der Waals surface area contributed by atoms with Gasteiger partial charge in [-0.15, -0.1) is 11.8 Å². The monoisotopic (exact) mass is 359 g/mol. The number of nitrogens with one attached hydrogen (secondary N) is 2. The summed E-state index contributed by atoms with van der Waals surface area (Å²) in [4.78, 5) is 18.9. The molecule has 0 radical (unpaired) electrons. The highest BCUT2D eigenvalue weighted by atomic mass is 32.2. The van der Waals surface area contributed by atoms with Gasteiger partial charge in [-0.1, -0.05) is 12.1 Å². The summed E-state index contributed by atoms with van der Waals surface area (Å²) in [5.41, 5.74) is 3.14. The Morgan fingerprint density at radius 1 is 1.40 bits per heavy atom. The van der Waals surface area contributed by atoms with E-state index in [4.69, 9.17) is 9.84 Å². The van der Waals surface area contributed by atoms with Crippen LogP contribution in [-0.4, -0.2) is 52.2 Å². The van der Waals surface area contributed by atoms with Gasteiger partial charge < -0.3 is 20.1 Å². The van der Waals surface area contributed by atoms with Gasteiger partial charge in [0.15, 0.2) is 0 Å². The van der Waals surface area contributed by atoms with Crippen LogP contribution in [0.4, 0.5) is 5.69 Å². The summed E-state index contributed by atoms with van der Waals surface area (Å²) in [6.45, 7) is 1.62. The minimum absolute atomic E-state index is 0.0906. The molecule has 2 aromatic rings. The molecule has 3 N–H and O–H groups in total. The first kappa shape index (κ1) is 16.5. The van der Waals surface area contributed by atoms with Gasteiger partial charge in [0.25, 0.3) is 0 Å². The van der Waals surface area contributed by atoms with Crippen LogP contribution < -0.4 is 5.32 Å². The Kier molecular flexibility index (Phi) is 4.67. The fourth-order valence-electron chi connectivity index (χ4n) is 3.32. The van der Waals surface area contributed by atoms with Crippen LogP contribution in [0.3, 0.4) is 0 Å². The van der Waals surface area contributed by atoms with Gasteiger partial charge >= 0.3 is 5.97 Å². The van der Waals surface area contributed by atoms with Crippen LogP contribution in [0, 0.1) is 0 Å². The summed E-state index contributed by atoms with van der Waals surface area (Å²) < 4.78 is 5.43. The van der Waals surface area contributed by atoms with E-state index in [0.29, 0.717) is 6.04 Å². The number of aromatic nitrogens is 1. The van der Waals surface area contributed by atoms with E-state index in [0.717, 1.165) is 59.1 Å². The Labute approximate surface area is 150 Å². The van der Waals surface area contributed by atoms with E-state index >= 15 is 0 Å². The molecule has 2 aliphatic rings. The third kappa shape index (κ3) is 3.67. The minimum atomic E-state index is -0.796. The van der Waals surface area contributed by atoms with Crippen molar-refractivity contribution in [3.63, 3.8) is 0 Å². The van der Waals surface area contributed by atoms with Gasteiger partial charge in [0.2, 0.25) is 0 Å². The van der Waals surface area contributed by atoms with Crippen molar-refractivity contribution >= 4 is 39.4 Å². The summed E-state index contributed by atoms with van der Waals surface area (Å²) in [6, 6.07) is 8.62. The number of ether oxygens (including phenoxy) is 1. The number of anilines is 1. The number of H-pyrrole nitrogens is 1. The number of benzene rings is 1. The first-order valence-corrected chi connectivity index (χ1v) is 9.56. The SMILES string of the molecule is O=C(O)C[C@H]1CSC(c2cc3cccc(NC4CCOCC4)c3[nH]2)=N1. The number of hydrogen-bond acceptors (Lipinski definition) is 5. The highest BCUT2D eigenvalue weighted by molar-refractivity contribution is 8.14. The Morgan fingerprint density at radius 2 is 2.24 bits per heavy atom. The van der Waals surface area contributed by atoms with Crippen molar-refractivity contribution in [3.05, 3.63) is 30.0 Å². The molecule has 0 bridgehead atoms. The molecular weight excluding hydrogens is 338 g/mol. The van der Waals surface area contributed by atoms with Gasteiger partial charge in [-0.25, -0.2) is 0 Å². The number of fused-ring (bicyclic) bond motifs is 1. The Bertz CT molecular complexity index is 811. The Balaban J connectivity index is 1.58. The van der Waals surface area contributed by atoms with Crippen molar-refractivity contribution in [1.29, 1.82) is 0 Å². The van der Waals surface area contributed by atoms with Gasteiger partial charge in [-0.2, -0.15) is 0 Å². The zero-order valence-electron chi connectivity index (χ0n) is 13.8. The molecule has 0 spiro atoms. The average molecular weight is 359 g/mol. The second kappa shape index (κ2) is 7.09. The molecule has 0 aliphatic carbocycles. The predicted octanol–water partition coefficient (Wildman–Crippen LogP) is 3.10. The van der Waals surface area contributed by atoms with Crippen molar-refractivity contribution in [1.82, 2.24) is 4.98 Å². The Hall–Kier alpha value is -1.99. The molecule has 1 aromatic heterocycles. The number of para-hydroxylation sites is 1. The summed E-state index contributed by atoms with van der Waals surface area (Å²) in [5.74, 6) is -0.0697. The highest BCUT2D eigenvalue weighted by Gasteiger charge is 2.23. The average Bonchev–Trinajstić information content (AvgIpc) is 3.22. The van der Waals surface area contributed by atoms with Gasteiger partial charge in [-0.05, 0) is 25.0 Å². The maximum absolute atomic E-state index is 10.9. The first-order chi connectivity index (χ1) is 12.2. The molecule has 1 aromatic carbocycles. The fraction of sp³-hybridized carbons (Fsp3) is 0.444. The van der Waals surface area contributed by atoms with Gasteiger partial charge in [0.1, 0.15) is 5.04 Å². The highest BCUT2D eigenvalue weighted by Crippen LogP contribution is 2.30. The van der Waals surface area contributed by atoms with Crippen molar-refractivity contribution in [2.24, 2.45) is 4.99 Å². The smallest absolute Gasteiger partial charge is 0.305 e. The predicted molar refractivity (Wildman–Crippen MR) is 101 cm³/mol. The topological polar surface area (TPSA) is 86.7 Å². The van der Waals surface area contributed by atoms with E-state index in [-0.39, 0.29) is 12.5 Å². The van der Waals surface area contributed by atoms with Crippen LogP contribution >= 0.6 is 11.8 Å². The van der Waals surface area contributed by atoms with E-state index < -0.39 is 5.97 Å². The number of carboxylic acid groups (broad SMARTS) is 1. The van der Waals surface area contributed by atoms with E-state index in [1.54, 1.807) is 11.8 Å². The molecule has 6 nitrogen and oxygen atoms in total. The first-order valence-electron chi connectivity index (χ1n) is 8.58. The van der Waals surface area contributed by atoms with Crippen molar-refractivity contribution in [2.75, 3.05) is 24.3 Å². The molecule has 0 unspecified atom stereocenters. The lowest BCUT2D eigenvalue weighted by Gasteiger charge is -2.24. The van der Waals surface area contributed by atoms with E-state index in [1.165, 1.54) is 0 Å². The molecule has 25 heavy (non-hydrogen) atoms. The van der Waals surface area contributed by atoms with Crippen molar-refractivity contribution in [2.45, 2.75) is 31.3 Å². The van der Waals surface area contributed by atoms with Crippen LogP contribution in [0.1, 0.15) is 25.0 Å². The molecule has 3 heterocycles. The number of thioether (sulfide) groups is 1. The van der Waals surface area contributed by atoms with E-state index in [2.05, 4.69) is 39.6 Å². The van der Waals surface area contributed by atoms with Gasteiger partial charge in [-0.3, -0.25) is 9.79 Å². The standard InChI is InChI=1S/C18H21N3O3S/c22-16(23)9-13-10-25-18(20-13)15-8-11-2-1-3-14(17(11)21-15)19-12-4-6-24-7-5-12/h1-3,8,12-13,19,21H,4-7,9-10H2,(H,22,23)/t13-/m0/s1. The number of carbonyl (C=O) groups is 1. The molecule has 1 fully saturated rings. The molecule has 1 atom stereocenters. The van der Waals surface area contributed by atoms with Crippen LogP contribution in [0.5, 0.6) is 0 Å². The molecule has 132 valence electrons. The zero-order valence-corrected chi connectivity index (χ0v) is 14.6. The van der Waals surface area contributed by atoms with E-state index in [1.807, 2.05) is 0 Å². The molecule has 4 rings (SSSR count). The van der Waals surface area contributed by atoms with Gasteiger partial charge in [0.05, 0.1) is 29.4 Å². The molecule has 0 saturated carbocycles. The zero-order chi connectivity index (χ0) is 17.2. The van der Waals surface area contributed by atoms with Crippen LogP contribution in [0.25, 0.3) is 10.9 Å². The van der Waals surface area contributed by atoms with Crippen LogP contribution in [0.2, 0.25) is 0 Å². The summed E-state index contributed by atoms with van der Waals surface area (Å²) in [7, 11) is 0. The summed E-state index contributed by atoms with van der Waals surface area (Å²) in [5, 5.41) is 14.6. The van der Waals surface area contributed by atoms with Crippen molar-refractivity contribution in [3.8, 4) is 0 Å². The minimum Gasteiger partial charge on any atom is -0.481 e. The molecule has 1 saturated heterocycles. The van der Waals surface area contributed by atoms with Gasteiger partial charge in [0, 0.05) is 30.4 Å². The number of aliphatic carboxylic acids is 1. The number of aromatic amines is 1. The number of hydrogen-bond donors (Lipinski definition) is 3. The third-order valence-electron chi connectivity index (χ3n) is 4.59. The normalized spacial score (nSPS) is 21.4. The second-order valence-electron chi connectivity index (χ2n) is 6.48. The number of rotatable bonds is 5. The van der Waals surface area contributed by atoms with Crippen LogP contribution in [-0.2, 0) is 9.53 Å². The fourth-order valence-corrected chi connectivity index (χ4v) is 4.35. The Morgan fingerprint density at radius 3 is 3.04 bits per heavy atom. The molecule has 2 aliphatic heterocycles.